The summed E-state index contributed by atoms with van der Waals surface area (Å²) in [5, 5.41) is 12.5. The average molecular weight is 228 g/mol. The summed E-state index contributed by atoms with van der Waals surface area (Å²) in [5.41, 5.74) is 1.76. The van der Waals surface area contributed by atoms with Gasteiger partial charge in [0.05, 0.1) is 0 Å². The summed E-state index contributed by atoms with van der Waals surface area (Å²) in [6, 6.07) is 4.79. The van der Waals surface area contributed by atoms with Gasteiger partial charge in [-0.15, -0.1) is 0 Å². The lowest BCUT2D eigenvalue weighted by Gasteiger charge is -2.15. The lowest BCUT2D eigenvalue weighted by molar-refractivity contribution is -0.137. The minimum Gasteiger partial charge on any atom is -0.480 e. The summed E-state index contributed by atoms with van der Waals surface area (Å²) in [4.78, 5) is 10.8. The van der Waals surface area contributed by atoms with Crippen LogP contribution >= 0.6 is 11.6 Å². The second kappa shape index (κ2) is 5.03. The number of hydrogen-bond acceptors (Lipinski definition) is 2. The zero-order chi connectivity index (χ0) is 11.4. The molecule has 0 aliphatic carbocycles. The number of anilines is 1. The summed E-state index contributed by atoms with van der Waals surface area (Å²) in [6.07, 6.45) is 0.539. The van der Waals surface area contributed by atoms with Crippen LogP contribution in [0.1, 0.15) is 18.9 Å². The molecule has 0 amide bonds. The standard InChI is InChI=1S/C11H14ClNO2/c1-3-9(11(14)15)13-10-5-4-8(12)6-7(10)2/h4-6,9,13H,3H2,1-2H3,(H,14,15). The molecule has 1 aromatic rings. The van der Waals surface area contributed by atoms with E-state index in [4.69, 9.17) is 16.7 Å². The van der Waals surface area contributed by atoms with Crippen LogP contribution in [0, 0.1) is 6.92 Å². The molecule has 0 heterocycles. The Hall–Kier alpha value is -1.22. The van der Waals surface area contributed by atoms with Gasteiger partial charge in [-0.3, -0.25) is 0 Å². The van der Waals surface area contributed by atoms with Crippen LogP contribution in [0.2, 0.25) is 5.02 Å². The lowest BCUT2D eigenvalue weighted by Crippen LogP contribution is -2.28. The van der Waals surface area contributed by atoms with E-state index >= 15 is 0 Å². The highest BCUT2D eigenvalue weighted by molar-refractivity contribution is 6.30. The Bertz CT molecular complexity index is 366. The number of nitrogens with one attached hydrogen (secondary N) is 1. The van der Waals surface area contributed by atoms with Gasteiger partial charge in [-0.1, -0.05) is 18.5 Å². The van der Waals surface area contributed by atoms with Crippen molar-refractivity contribution in [3.05, 3.63) is 28.8 Å². The van der Waals surface area contributed by atoms with Crippen molar-refractivity contribution in [3.63, 3.8) is 0 Å². The molecule has 4 heteroatoms. The smallest absolute Gasteiger partial charge is 0.326 e. The van der Waals surface area contributed by atoms with Crippen molar-refractivity contribution in [1.29, 1.82) is 0 Å². The Labute approximate surface area is 94.1 Å². The van der Waals surface area contributed by atoms with Crippen molar-refractivity contribution < 1.29 is 9.90 Å². The molecule has 0 fully saturated rings. The molecule has 0 saturated heterocycles. The Morgan fingerprint density at radius 3 is 2.73 bits per heavy atom. The Balaban J connectivity index is 2.84. The van der Waals surface area contributed by atoms with E-state index in [2.05, 4.69) is 5.32 Å². The quantitative estimate of drug-likeness (QED) is 0.832. The first-order valence-electron chi connectivity index (χ1n) is 4.80. The van der Waals surface area contributed by atoms with E-state index < -0.39 is 12.0 Å². The van der Waals surface area contributed by atoms with Crippen LogP contribution in [0.25, 0.3) is 0 Å². The largest absolute Gasteiger partial charge is 0.480 e. The maximum Gasteiger partial charge on any atom is 0.326 e. The van der Waals surface area contributed by atoms with Crippen LogP contribution in [0.15, 0.2) is 18.2 Å². The SMILES string of the molecule is CCC(Nc1ccc(Cl)cc1C)C(=O)O. The molecule has 82 valence electrons. The fraction of sp³-hybridized carbons (Fsp3) is 0.364. The molecular weight excluding hydrogens is 214 g/mol. The zero-order valence-electron chi connectivity index (χ0n) is 8.75. The van der Waals surface area contributed by atoms with E-state index in [-0.39, 0.29) is 0 Å². The minimum absolute atomic E-state index is 0.539. The molecule has 0 aliphatic heterocycles. The van der Waals surface area contributed by atoms with E-state index in [1.165, 1.54) is 0 Å². The first-order valence-corrected chi connectivity index (χ1v) is 5.18. The van der Waals surface area contributed by atoms with Crippen LogP contribution in [-0.4, -0.2) is 17.1 Å². The Morgan fingerprint density at radius 2 is 2.27 bits per heavy atom. The molecule has 0 radical (unpaired) electrons. The van der Waals surface area contributed by atoms with Gasteiger partial charge in [0.15, 0.2) is 0 Å². The number of carbonyl (C=O) groups is 1. The first kappa shape index (κ1) is 11.9. The summed E-state index contributed by atoms with van der Waals surface area (Å²) in [7, 11) is 0. The van der Waals surface area contributed by atoms with Crippen LogP contribution in [0.3, 0.4) is 0 Å². The molecule has 2 N–H and O–H groups in total. The van der Waals surface area contributed by atoms with E-state index in [0.717, 1.165) is 11.3 Å². The highest BCUT2D eigenvalue weighted by Crippen LogP contribution is 2.20. The van der Waals surface area contributed by atoms with Crippen LogP contribution in [0.5, 0.6) is 0 Å². The van der Waals surface area contributed by atoms with Crippen molar-refractivity contribution in [1.82, 2.24) is 0 Å². The topological polar surface area (TPSA) is 49.3 Å². The minimum atomic E-state index is -0.841. The van der Waals surface area contributed by atoms with Crippen LogP contribution < -0.4 is 5.32 Å². The number of halogens is 1. The summed E-state index contributed by atoms with van der Waals surface area (Å²) in [5.74, 6) is -0.841. The second-order valence-electron chi connectivity index (χ2n) is 3.40. The number of benzene rings is 1. The predicted molar refractivity (Wildman–Crippen MR) is 61.5 cm³/mol. The fourth-order valence-corrected chi connectivity index (χ4v) is 1.54. The van der Waals surface area contributed by atoms with Crippen molar-refractivity contribution >= 4 is 23.3 Å². The molecule has 1 aromatic carbocycles. The number of rotatable bonds is 4. The third kappa shape index (κ3) is 3.13. The van der Waals surface area contributed by atoms with Gasteiger partial charge in [0.1, 0.15) is 6.04 Å². The van der Waals surface area contributed by atoms with Crippen molar-refractivity contribution in [2.75, 3.05) is 5.32 Å². The fourth-order valence-electron chi connectivity index (χ4n) is 1.32. The molecule has 0 spiro atoms. The highest BCUT2D eigenvalue weighted by Gasteiger charge is 2.14. The van der Waals surface area contributed by atoms with Crippen LogP contribution in [-0.2, 0) is 4.79 Å². The maximum atomic E-state index is 10.8. The summed E-state index contributed by atoms with van der Waals surface area (Å²) in [6.45, 7) is 3.72. The van der Waals surface area contributed by atoms with Gasteiger partial charge in [-0.2, -0.15) is 0 Å². The molecule has 0 bridgehead atoms. The van der Waals surface area contributed by atoms with Crippen molar-refractivity contribution in [2.45, 2.75) is 26.3 Å². The molecule has 0 saturated carbocycles. The van der Waals surface area contributed by atoms with Gasteiger partial charge in [0, 0.05) is 10.7 Å². The van der Waals surface area contributed by atoms with Gasteiger partial charge in [-0.25, -0.2) is 4.79 Å². The molecule has 3 nitrogen and oxygen atoms in total. The second-order valence-corrected chi connectivity index (χ2v) is 3.84. The predicted octanol–water partition coefficient (Wildman–Crippen LogP) is 2.92. The number of carboxylic acids is 1. The molecule has 1 unspecified atom stereocenters. The normalized spacial score (nSPS) is 12.2. The molecular formula is C11H14ClNO2. The van der Waals surface area contributed by atoms with E-state index in [9.17, 15) is 4.79 Å². The van der Waals surface area contributed by atoms with Gasteiger partial charge in [0.2, 0.25) is 0 Å². The summed E-state index contributed by atoms with van der Waals surface area (Å²) < 4.78 is 0. The lowest BCUT2D eigenvalue weighted by atomic mass is 10.1. The van der Waals surface area contributed by atoms with E-state index in [0.29, 0.717) is 11.4 Å². The van der Waals surface area contributed by atoms with Crippen molar-refractivity contribution in [3.8, 4) is 0 Å². The van der Waals surface area contributed by atoms with Crippen LogP contribution in [0.4, 0.5) is 5.69 Å². The van der Waals surface area contributed by atoms with Gasteiger partial charge >= 0.3 is 5.97 Å². The number of hydrogen-bond donors (Lipinski definition) is 2. The number of carboxylic acid groups (broad SMARTS) is 1. The van der Waals surface area contributed by atoms with E-state index in [1.54, 1.807) is 18.2 Å². The molecule has 0 aromatic heterocycles. The molecule has 0 aliphatic rings. The molecule has 1 atom stereocenters. The third-order valence-electron chi connectivity index (χ3n) is 2.22. The number of aliphatic carboxylic acids is 1. The van der Waals surface area contributed by atoms with Crippen molar-refractivity contribution in [2.24, 2.45) is 0 Å². The highest BCUT2D eigenvalue weighted by atomic mass is 35.5. The molecule has 15 heavy (non-hydrogen) atoms. The first-order chi connectivity index (χ1) is 7.04. The Morgan fingerprint density at radius 1 is 1.60 bits per heavy atom. The molecule has 1 rings (SSSR count). The average Bonchev–Trinajstić information content (AvgIpc) is 2.16. The third-order valence-corrected chi connectivity index (χ3v) is 2.46. The van der Waals surface area contributed by atoms with Gasteiger partial charge in [0.25, 0.3) is 0 Å². The maximum absolute atomic E-state index is 10.8. The van der Waals surface area contributed by atoms with Gasteiger partial charge in [-0.05, 0) is 37.1 Å². The zero-order valence-corrected chi connectivity index (χ0v) is 9.51. The number of aryl methyl sites for hydroxylation is 1. The van der Waals surface area contributed by atoms with E-state index in [1.807, 2.05) is 13.8 Å². The monoisotopic (exact) mass is 227 g/mol. The Kier molecular flexibility index (Phi) is 3.97. The van der Waals surface area contributed by atoms with Gasteiger partial charge < -0.3 is 10.4 Å². The summed E-state index contributed by atoms with van der Waals surface area (Å²) >= 11 is 5.81.